The first-order chi connectivity index (χ1) is 15.1. The van der Waals surface area contributed by atoms with Gasteiger partial charge in [0.1, 0.15) is 16.5 Å². The highest BCUT2D eigenvalue weighted by atomic mass is 32.1. The number of ether oxygens (including phenoxy) is 2. The number of benzene rings is 3. The highest BCUT2D eigenvalue weighted by Gasteiger charge is 2.10. The van der Waals surface area contributed by atoms with Crippen molar-refractivity contribution in [1.82, 2.24) is 4.98 Å². The van der Waals surface area contributed by atoms with Crippen LogP contribution in [0.4, 0.5) is 16.2 Å². The summed E-state index contributed by atoms with van der Waals surface area (Å²) in [6.07, 6.45) is 0. The number of carbonyl (C=O) groups excluding carboxylic acids is 1. The largest absolute Gasteiger partial charge is 0.497 e. The van der Waals surface area contributed by atoms with Crippen molar-refractivity contribution < 1.29 is 14.3 Å². The van der Waals surface area contributed by atoms with E-state index in [-0.39, 0.29) is 6.03 Å². The number of nitrogens with zero attached hydrogens (tertiary/aromatic N) is 1. The maximum absolute atomic E-state index is 12.5. The van der Waals surface area contributed by atoms with Crippen LogP contribution in [-0.4, -0.2) is 25.2 Å². The Labute approximate surface area is 184 Å². The number of hydrogen-bond donors (Lipinski definition) is 2. The normalized spacial score (nSPS) is 10.4. The van der Waals surface area contributed by atoms with Crippen LogP contribution in [-0.2, 0) is 0 Å². The average molecular weight is 432 g/mol. The van der Waals surface area contributed by atoms with Crippen LogP contribution < -0.4 is 20.1 Å². The molecule has 0 saturated carbocycles. The van der Waals surface area contributed by atoms with Gasteiger partial charge in [-0.2, -0.15) is 0 Å². The summed E-state index contributed by atoms with van der Waals surface area (Å²) in [7, 11) is 3.12. The predicted octanol–water partition coefficient (Wildman–Crippen LogP) is 6.14. The Hall–Kier alpha value is -3.84. The first-order valence-corrected chi connectivity index (χ1v) is 10.4. The highest BCUT2D eigenvalue weighted by Crippen LogP contribution is 2.30. The number of nitrogens with one attached hydrogen (secondary N) is 2. The van der Waals surface area contributed by atoms with E-state index in [0.29, 0.717) is 22.9 Å². The second kappa shape index (κ2) is 9.32. The lowest BCUT2D eigenvalue weighted by Crippen LogP contribution is -2.19. The van der Waals surface area contributed by atoms with Crippen molar-refractivity contribution in [2.75, 3.05) is 24.9 Å². The van der Waals surface area contributed by atoms with Gasteiger partial charge in [-0.05, 0) is 12.1 Å². The second-order valence-electron chi connectivity index (χ2n) is 6.67. The summed E-state index contributed by atoms with van der Waals surface area (Å²) in [6, 6.07) is 22.5. The van der Waals surface area contributed by atoms with Gasteiger partial charge in [0.15, 0.2) is 0 Å². The number of methoxy groups -OCH3 is 2. The van der Waals surface area contributed by atoms with Crippen LogP contribution in [0, 0.1) is 0 Å². The van der Waals surface area contributed by atoms with Gasteiger partial charge in [-0.25, -0.2) is 9.78 Å². The lowest BCUT2D eigenvalue weighted by molar-refractivity contribution is 0.262. The Morgan fingerprint density at radius 2 is 1.48 bits per heavy atom. The fourth-order valence-corrected chi connectivity index (χ4v) is 3.88. The van der Waals surface area contributed by atoms with Gasteiger partial charge in [0, 0.05) is 46.1 Å². The third kappa shape index (κ3) is 5.02. The van der Waals surface area contributed by atoms with Crippen LogP contribution in [0.5, 0.6) is 11.5 Å². The number of aromatic nitrogens is 1. The standard InChI is InChI=1S/C24H21N3O3S/c1-29-20-12-19(13-21(14-20)30-2)26-24(28)25-18-10-6-9-17(11-18)22-15-31-23(27-22)16-7-4-3-5-8-16/h3-15H,1-2H3,(H2,25,26,28). The predicted molar refractivity (Wildman–Crippen MR) is 125 cm³/mol. The topological polar surface area (TPSA) is 72.5 Å². The number of anilines is 2. The highest BCUT2D eigenvalue weighted by molar-refractivity contribution is 7.13. The molecular formula is C24H21N3O3S. The second-order valence-corrected chi connectivity index (χ2v) is 7.52. The fraction of sp³-hybridized carbons (Fsp3) is 0.0833. The summed E-state index contributed by atoms with van der Waals surface area (Å²) >= 11 is 1.59. The van der Waals surface area contributed by atoms with E-state index < -0.39 is 0 Å². The maximum atomic E-state index is 12.5. The number of carbonyl (C=O) groups is 1. The van der Waals surface area contributed by atoms with Crippen LogP contribution >= 0.6 is 11.3 Å². The van der Waals surface area contributed by atoms with E-state index in [1.165, 1.54) is 0 Å². The summed E-state index contributed by atoms with van der Waals surface area (Å²) in [6.45, 7) is 0. The van der Waals surface area contributed by atoms with Crippen LogP contribution in [0.15, 0.2) is 78.2 Å². The van der Waals surface area contributed by atoms with Gasteiger partial charge in [-0.3, -0.25) is 0 Å². The van der Waals surface area contributed by atoms with Gasteiger partial charge < -0.3 is 20.1 Å². The van der Waals surface area contributed by atoms with Crippen LogP contribution in [0.25, 0.3) is 21.8 Å². The van der Waals surface area contributed by atoms with E-state index >= 15 is 0 Å². The molecule has 0 aliphatic heterocycles. The molecule has 0 spiro atoms. The first-order valence-electron chi connectivity index (χ1n) is 9.57. The van der Waals surface area contributed by atoms with E-state index in [0.717, 1.165) is 21.8 Å². The van der Waals surface area contributed by atoms with Gasteiger partial charge in [-0.15, -0.1) is 11.3 Å². The van der Waals surface area contributed by atoms with Gasteiger partial charge in [0.2, 0.25) is 0 Å². The minimum atomic E-state index is -0.365. The van der Waals surface area contributed by atoms with Crippen LogP contribution in [0.1, 0.15) is 0 Å². The molecule has 4 rings (SSSR count). The lowest BCUT2D eigenvalue weighted by Gasteiger charge is -2.11. The molecule has 0 radical (unpaired) electrons. The average Bonchev–Trinajstić information content (AvgIpc) is 3.30. The molecular weight excluding hydrogens is 410 g/mol. The van der Waals surface area contributed by atoms with Gasteiger partial charge in [0.05, 0.1) is 19.9 Å². The Balaban J connectivity index is 1.48. The lowest BCUT2D eigenvalue weighted by atomic mass is 10.1. The monoisotopic (exact) mass is 431 g/mol. The molecule has 1 heterocycles. The van der Waals surface area contributed by atoms with E-state index in [1.807, 2.05) is 60.0 Å². The van der Waals surface area contributed by atoms with Crippen molar-refractivity contribution in [2.45, 2.75) is 0 Å². The number of thiazole rings is 1. The Kier molecular flexibility index (Phi) is 6.14. The summed E-state index contributed by atoms with van der Waals surface area (Å²) < 4.78 is 10.5. The Morgan fingerprint density at radius 1 is 0.806 bits per heavy atom. The molecule has 4 aromatic rings. The van der Waals surface area contributed by atoms with Gasteiger partial charge in [-0.1, -0.05) is 42.5 Å². The number of rotatable bonds is 6. The molecule has 0 saturated heterocycles. The fourth-order valence-electron chi connectivity index (χ4n) is 3.05. The van der Waals surface area contributed by atoms with E-state index in [2.05, 4.69) is 10.6 Å². The SMILES string of the molecule is COc1cc(NC(=O)Nc2cccc(-c3csc(-c4ccccc4)n3)c2)cc(OC)c1. The molecule has 2 N–H and O–H groups in total. The molecule has 6 nitrogen and oxygen atoms in total. The van der Waals surface area contributed by atoms with Gasteiger partial charge in [0.25, 0.3) is 0 Å². The number of amides is 2. The Bertz CT molecular complexity index is 1170. The quantitative estimate of drug-likeness (QED) is 0.385. The van der Waals surface area contributed by atoms with E-state index in [4.69, 9.17) is 14.5 Å². The third-order valence-electron chi connectivity index (χ3n) is 4.55. The molecule has 0 fully saturated rings. The van der Waals surface area contributed by atoms with Crippen molar-refractivity contribution in [1.29, 1.82) is 0 Å². The number of hydrogen-bond acceptors (Lipinski definition) is 5. The molecule has 0 atom stereocenters. The van der Waals surface area contributed by atoms with Crippen LogP contribution in [0.2, 0.25) is 0 Å². The third-order valence-corrected chi connectivity index (χ3v) is 5.44. The summed E-state index contributed by atoms with van der Waals surface area (Å²) in [5, 5.41) is 8.63. The van der Waals surface area contributed by atoms with Crippen LogP contribution in [0.3, 0.4) is 0 Å². The number of urea groups is 1. The molecule has 7 heteroatoms. The molecule has 31 heavy (non-hydrogen) atoms. The van der Waals surface area contributed by atoms with Crippen molar-refractivity contribution in [3.05, 3.63) is 78.2 Å². The summed E-state index contributed by atoms with van der Waals surface area (Å²) in [5.41, 5.74) is 4.11. The summed E-state index contributed by atoms with van der Waals surface area (Å²) in [5.74, 6) is 1.18. The minimum absolute atomic E-state index is 0.365. The molecule has 0 bridgehead atoms. The first kappa shape index (κ1) is 20.4. The van der Waals surface area contributed by atoms with E-state index in [1.54, 1.807) is 43.8 Å². The molecule has 2 amide bonds. The zero-order valence-corrected chi connectivity index (χ0v) is 17.9. The smallest absolute Gasteiger partial charge is 0.323 e. The molecule has 0 aliphatic carbocycles. The zero-order valence-electron chi connectivity index (χ0n) is 17.1. The van der Waals surface area contributed by atoms with E-state index in [9.17, 15) is 4.79 Å². The van der Waals surface area contributed by atoms with Crippen molar-refractivity contribution in [2.24, 2.45) is 0 Å². The summed E-state index contributed by atoms with van der Waals surface area (Å²) in [4.78, 5) is 17.2. The van der Waals surface area contributed by atoms with Gasteiger partial charge >= 0.3 is 6.03 Å². The molecule has 0 aliphatic rings. The minimum Gasteiger partial charge on any atom is -0.497 e. The molecule has 3 aromatic carbocycles. The maximum Gasteiger partial charge on any atom is 0.323 e. The molecule has 156 valence electrons. The molecule has 0 unspecified atom stereocenters. The van der Waals surface area contributed by atoms with Crippen molar-refractivity contribution >= 4 is 28.7 Å². The zero-order chi connectivity index (χ0) is 21.6. The van der Waals surface area contributed by atoms with Crippen molar-refractivity contribution in [3.8, 4) is 33.3 Å². The Morgan fingerprint density at radius 3 is 2.19 bits per heavy atom. The van der Waals surface area contributed by atoms with Crippen molar-refractivity contribution in [3.63, 3.8) is 0 Å². The molecule has 1 aromatic heterocycles.